The van der Waals surface area contributed by atoms with E-state index in [2.05, 4.69) is 22.0 Å². The minimum absolute atomic E-state index is 0.263. The lowest BCUT2D eigenvalue weighted by molar-refractivity contribution is 0.306. The Morgan fingerprint density at radius 2 is 1.72 bits per heavy atom. The molecule has 0 radical (unpaired) electrons. The number of rotatable bonds is 4. The SMILES string of the molecule is N#CC(Br)c1ccc(OCc2ccccc2)cc1. The van der Waals surface area contributed by atoms with E-state index in [1.165, 1.54) is 0 Å². The Morgan fingerprint density at radius 1 is 1.06 bits per heavy atom. The summed E-state index contributed by atoms with van der Waals surface area (Å²) in [5.41, 5.74) is 2.07. The van der Waals surface area contributed by atoms with E-state index in [1.807, 2.05) is 54.6 Å². The van der Waals surface area contributed by atoms with E-state index in [0.29, 0.717) is 6.61 Å². The molecule has 90 valence electrons. The molecule has 2 rings (SSSR count). The summed E-state index contributed by atoms with van der Waals surface area (Å²) in [4.78, 5) is -0.263. The lowest BCUT2D eigenvalue weighted by Gasteiger charge is -2.07. The predicted molar refractivity (Wildman–Crippen MR) is 74.5 cm³/mol. The molecular formula is C15H12BrNO. The van der Waals surface area contributed by atoms with Crippen LogP contribution in [0.15, 0.2) is 54.6 Å². The van der Waals surface area contributed by atoms with Crippen LogP contribution in [0, 0.1) is 11.3 Å². The highest BCUT2D eigenvalue weighted by Gasteiger charge is 2.05. The van der Waals surface area contributed by atoms with Gasteiger partial charge < -0.3 is 4.74 Å². The molecule has 1 atom stereocenters. The number of hydrogen-bond donors (Lipinski definition) is 0. The lowest BCUT2D eigenvalue weighted by Crippen LogP contribution is -1.95. The van der Waals surface area contributed by atoms with Crippen LogP contribution in [0.3, 0.4) is 0 Å². The smallest absolute Gasteiger partial charge is 0.126 e. The van der Waals surface area contributed by atoms with Gasteiger partial charge in [-0.2, -0.15) is 5.26 Å². The van der Waals surface area contributed by atoms with Gasteiger partial charge in [0.1, 0.15) is 17.2 Å². The summed E-state index contributed by atoms with van der Waals surface area (Å²) in [6.07, 6.45) is 0. The number of alkyl halides is 1. The van der Waals surface area contributed by atoms with Gasteiger partial charge in [-0.15, -0.1) is 0 Å². The molecule has 0 fully saturated rings. The van der Waals surface area contributed by atoms with E-state index in [9.17, 15) is 0 Å². The summed E-state index contributed by atoms with van der Waals surface area (Å²) >= 11 is 3.28. The van der Waals surface area contributed by atoms with Crippen LogP contribution in [-0.2, 0) is 6.61 Å². The van der Waals surface area contributed by atoms with Gasteiger partial charge in [0.2, 0.25) is 0 Å². The van der Waals surface area contributed by atoms with Crippen molar-refractivity contribution < 1.29 is 4.74 Å². The minimum Gasteiger partial charge on any atom is -0.489 e. The molecule has 0 saturated carbocycles. The Balaban J connectivity index is 1.97. The molecule has 0 aliphatic carbocycles. The summed E-state index contributed by atoms with van der Waals surface area (Å²) in [6.45, 7) is 0.552. The van der Waals surface area contributed by atoms with E-state index in [0.717, 1.165) is 16.9 Å². The summed E-state index contributed by atoms with van der Waals surface area (Å²) in [5, 5.41) is 8.78. The van der Waals surface area contributed by atoms with Crippen molar-refractivity contribution in [1.29, 1.82) is 5.26 Å². The fraction of sp³-hybridized carbons (Fsp3) is 0.133. The molecule has 0 N–H and O–H groups in total. The first-order valence-electron chi connectivity index (χ1n) is 5.60. The first-order valence-corrected chi connectivity index (χ1v) is 6.51. The first-order chi connectivity index (χ1) is 8.79. The van der Waals surface area contributed by atoms with Crippen molar-refractivity contribution in [1.82, 2.24) is 0 Å². The van der Waals surface area contributed by atoms with Crippen molar-refractivity contribution in [3.8, 4) is 11.8 Å². The minimum atomic E-state index is -0.263. The third kappa shape index (κ3) is 3.35. The van der Waals surface area contributed by atoms with E-state index in [4.69, 9.17) is 10.00 Å². The zero-order valence-electron chi connectivity index (χ0n) is 9.71. The Labute approximate surface area is 115 Å². The fourth-order valence-electron chi connectivity index (χ4n) is 1.55. The molecule has 1 unspecified atom stereocenters. The number of nitrogens with zero attached hydrogens (tertiary/aromatic N) is 1. The van der Waals surface area contributed by atoms with Gasteiger partial charge in [-0.3, -0.25) is 0 Å². The van der Waals surface area contributed by atoms with Crippen LogP contribution in [0.2, 0.25) is 0 Å². The van der Waals surface area contributed by atoms with Crippen LogP contribution in [0.5, 0.6) is 5.75 Å². The average molecular weight is 302 g/mol. The Kier molecular flexibility index (Phi) is 4.38. The molecule has 3 heteroatoms. The van der Waals surface area contributed by atoms with Gasteiger partial charge >= 0.3 is 0 Å². The number of halogens is 1. The molecule has 18 heavy (non-hydrogen) atoms. The summed E-state index contributed by atoms with van der Waals surface area (Å²) in [6, 6.07) is 19.7. The molecule has 0 aliphatic rings. The summed E-state index contributed by atoms with van der Waals surface area (Å²) in [5.74, 6) is 0.806. The van der Waals surface area contributed by atoms with Crippen LogP contribution in [0.4, 0.5) is 0 Å². The lowest BCUT2D eigenvalue weighted by atomic mass is 10.1. The second-order valence-corrected chi connectivity index (χ2v) is 4.75. The molecule has 2 aromatic carbocycles. The monoisotopic (exact) mass is 301 g/mol. The molecular weight excluding hydrogens is 290 g/mol. The zero-order chi connectivity index (χ0) is 12.8. The molecule has 0 bridgehead atoms. The van der Waals surface area contributed by atoms with Gasteiger partial charge in [0.25, 0.3) is 0 Å². The molecule has 0 spiro atoms. The highest BCUT2D eigenvalue weighted by atomic mass is 79.9. The largest absolute Gasteiger partial charge is 0.489 e. The second kappa shape index (κ2) is 6.23. The van der Waals surface area contributed by atoms with Crippen LogP contribution in [0.25, 0.3) is 0 Å². The predicted octanol–water partition coefficient (Wildman–Crippen LogP) is 4.23. The van der Waals surface area contributed by atoms with E-state index in [1.54, 1.807) is 0 Å². The molecule has 0 aromatic heterocycles. The Bertz CT molecular complexity index is 531. The highest BCUT2D eigenvalue weighted by molar-refractivity contribution is 9.09. The van der Waals surface area contributed by atoms with Crippen molar-refractivity contribution in [3.63, 3.8) is 0 Å². The maximum atomic E-state index is 8.78. The molecule has 2 nitrogen and oxygen atoms in total. The maximum absolute atomic E-state index is 8.78. The number of benzene rings is 2. The van der Waals surface area contributed by atoms with E-state index >= 15 is 0 Å². The van der Waals surface area contributed by atoms with Gasteiger partial charge in [0.15, 0.2) is 0 Å². The topological polar surface area (TPSA) is 33.0 Å². The van der Waals surface area contributed by atoms with E-state index in [-0.39, 0.29) is 4.83 Å². The first kappa shape index (κ1) is 12.7. The Hall–Kier alpha value is -1.79. The van der Waals surface area contributed by atoms with Gasteiger partial charge in [-0.25, -0.2) is 0 Å². The summed E-state index contributed by atoms with van der Waals surface area (Å²) < 4.78 is 5.66. The third-order valence-electron chi connectivity index (χ3n) is 2.53. The van der Waals surface area contributed by atoms with Crippen LogP contribution in [0.1, 0.15) is 16.0 Å². The average Bonchev–Trinajstić information content (AvgIpc) is 2.46. The normalized spacial score (nSPS) is 11.6. The maximum Gasteiger partial charge on any atom is 0.126 e. The van der Waals surface area contributed by atoms with Crippen molar-refractivity contribution in [2.45, 2.75) is 11.4 Å². The number of ether oxygens (including phenoxy) is 1. The van der Waals surface area contributed by atoms with Gasteiger partial charge in [-0.1, -0.05) is 58.4 Å². The molecule has 0 aliphatic heterocycles. The molecule has 0 heterocycles. The molecule has 0 amide bonds. The Morgan fingerprint density at radius 3 is 2.33 bits per heavy atom. The van der Waals surface area contributed by atoms with Crippen LogP contribution >= 0.6 is 15.9 Å². The third-order valence-corrected chi connectivity index (χ3v) is 3.27. The second-order valence-electron chi connectivity index (χ2n) is 3.83. The van der Waals surface area contributed by atoms with Crippen LogP contribution < -0.4 is 4.74 Å². The highest BCUT2D eigenvalue weighted by Crippen LogP contribution is 2.24. The fourth-order valence-corrected chi connectivity index (χ4v) is 1.85. The molecule has 0 saturated heterocycles. The van der Waals surface area contributed by atoms with Crippen molar-refractivity contribution in [2.75, 3.05) is 0 Å². The standard InChI is InChI=1S/C15H12BrNO/c16-15(10-17)13-6-8-14(9-7-13)18-11-12-4-2-1-3-5-12/h1-9,15H,11H2. The summed E-state index contributed by atoms with van der Waals surface area (Å²) in [7, 11) is 0. The van der Waals surface area contributed by atoms with Gasteiger partial charge in [0.05, 0.1) is 6.07 Å². The van der Waals surface area contributed by atoms with Crippen LogP contribution in [-0.4, -0.2) is 0 Å². The van der Waals surface area contributed by atoms with Crippen molar-refractivity contribution >= 4 is 15.9 Å². The van der Waals surface area contributed by atoms with Crippen molar-refractivity contribution in [3.05, 3.63) is 65.7 Å². The molecule has 2 aromatic rings. The van der Waals surface area contributed by atoms with Gasteiger partial charge in [0, 0.05) is 0 Å². The zero-order valence-corrected chi connectivity index (χ0v) is 11.3. The van der Waals surface area contributed by atoms with Crippen molar-refractivity contribution in [2.24, 2.45) is 0 Å². The van der Waals surface area contributed by atoms with Gasteiger partial charge in [-0.05, 0) is 23.3 Å². The van der Waals surface area contributed by atoms with E-state index < -0.39 is 0 Å². The number of hydrogen-bond acceptors (Lipinski definition) is 2. The number of nitriles is 1. The quantitative estimate of drug-likeness (QED) is 0.792.